The van der Waals surface area contributed by atoms with Gasteiger partial charge in [0.15, 0.2) is 0 Å². The molecule has 0 aliphatic rings. The molecule has 0 heterocycles. The van der Waals surface area contributed by atoms with Crippen molar-refractivity contribution in [1.82, 2.24) is 0 Å². The first-order valence-electron chi connectivity index (χ1n) is 6.59. The Bertz CT molecular complexity index is 278. The molecule has 0 saturated carbocycles. The molecule has 0 bridgehead atoms. The number of aliphatic hydroxyl groups is 1. The Kier molecular flexibility index (Phi) is 162. The van der Waals surface area contributed by atoms with Crippen LogP contribution in [-0.4, -0.2) is 16.2 Å². The molecule has 22 heavy (non-hydrogen) atoms. The van der Waals surface area contributed by atoms with Crippen molar-refractivity contribution >= 4 is 0 Å². The summed E-state index contributed by atoms with van der Waals surface area (Å²) in [5.41, 5.74) is -0.931. The monoisotopic (exact) mass is 318 g/mol. The first kappa shape index (κ1) is 49.7. The SMILES string of the molecule is C#CC.C#CC.C#CC(C)(C)O.CC.CC.CC#CC.[Na+].[OH-]. The van der Waals surface area contributed by atoms with Gasteiger partial charge in [-0.25, -0.2) is 0 Å². The van der Waals surface area contributed by atoms with Crippen molar-refractivity contribution in [3.05, 3.63) is 0 Å². The van der Waals surface area contributed by atoms with E-state index in [1.807, 2.05) is 41.5 Å². The molecule has 0 radical (unpaired) electrons. The molecule has 0 aliphatic heterocycles. The molecule has 2 nitrogen and oxygen atoms in total. The van der Waals surface area contributed by atoms with Gasteiger partial charge in [0, 0.05) is 0 Å². The zero-order chi connectivity index (χ0) is 18.0. The summed E-state index contributed by atoms with van der Waals surface area (Å²) in [5.74, 6) is 12.0. The van der Waals surface area contributed by atoms with E-state index in [0.717, 1.165) is 0 Å². The summed E-state index contributed by atoms with van der Waals surface area (Å²) >= 11 is 0. The summed E-state index contributed by atoms with van der Waals surface area (Å²) in [6.07, 6.45) is 14.0. The van der Waals surface area contributed by atoms with E-state index < -0.39 is 5.60 Å². The van der Waals surface area contributed by atoms with Crippen LogP contribution in [0.15, 0.2) is 0 Å². The molecule has 0 aromatic carbocycles. The largest absolute Gasteiger partial charge is 1.00 e. The second-order valence-electron chi connectivity index (χ2n) is 2.78. The van der Waals surface area contributed by atoms with Crippen LogP contribution in [0.4, 0.5) is 0 Å². The molecule has 2 N–H and O–H groups in total. The second kappa shape index (κ2) is 71.7. The Balaban J connectivity index is -0.0000000184. The van der Waals surface area contributed by atoms with Gasteiger partial charge in [-0.15, -0.1) is 43.0 Å². The average molecular weight is 318 g/mol. The zero-order valence-electron chi connectivity index (χ0n) is 16.6. The van der Waals surface area contributed by atoms with E-state index in [1.165, 1.54) is 0 Å². The topological polar surface area (TPSA) is 50.2 Å². The van der Waals surface area contributed by atoms with Gasteiger partial charge in [0.25, 0.3) is 0 Å². The quantitative estimate of drug-likeness (QED) is 0.544. The number of terminal acetylenes is 3. The Morgan fingerprint density at radius 3 is 0.818 bits per heavy atom. The predicted octanol–water partition coefficient (Wildman–Crippen LogP) is 1.58. The molecule has 3 heteroatoms. The van der Waals surface area contributed by atoms with Gasteiger partial charge < -0.3 is 10.6 Å². The van der Waals surface area contributed by atoms with E-state index in [4.69, 9.17) is 11.5 Å². The molecule has 0 atom stereocenters. The first-order valence-corrected chi connectivity index (χ1v) is 6.59. The molecule has 124 valence electrons. The van der Waals surface area contributed by atoms with Crippen molar-refractivity contribution in [3.63, 3.8) is 0 Å². The third kappa shape index (κ3) is 633. The van der Waals surface area contributed by atoms with Gasteiger partial charge in [-0.2, -0.15) is 0 Å². The van der Waals surface area contributed by atoms with Gasteiger partial charge in [-0.05, 0) is 41.5 Å². The van der Waals surface area contributed by atoms with Crippen LogP contribution in [0, 0.1) is 48.9 Å². The van der Waals surface area contributed by atoms with E-state index in [1.54, 1.807) is 27.7 Å². The summed E-state index contributed by atoms with van der Waals surface area (Å²) in [4.78, 5) is 0. The predicted molar refractivity (Wildman–Crippen MR) is 97.9 cm³/mol. The molecular formula is C19H35NaO2. The average Bonchev–Trinajstić information content (AvgIpc) is 2.44. The maximum absolute atomic E-state index is 8.59. The van der Waals surface area contributed by atoms with Crippen LogP contribution in [0.3, 0.4) is 0 Å². The fourth-order valence-corrected chi connectivity index (χ4v) is 0. The van der Waals surface area contributed by atoms with Crippen molar-refractivity contribution in [2.75, 3.05) is 0 Å². The van der Waals surface area contributed by atoms with Crippen LogP contribution in [0.2, 0.25) is 0 Å². The van der Waals surface area contributed by atoms with E-state index in [0.29, 0.717) is 0 Å². The standard InChI is InChI=1S/C5H8O.C4H6.2C3H4.2C2H6.Na.H2O/c1-4-5(2,3)6;1-3-4-2;2*1-3-2;2*1-2;;/h1,6H,2-3H3;1-2H3;2*1H,2H3;2*1-2H3;;1H2/q;;;;;;+1;/p-1. The fourth-order valence-electron chi connectivity index (χ4n) is 0. The molecule has 0 rings (SSSR count). The Hall–Kier alpha value is -0.840. The van der Waals surface area contributed by atoms with Crippen LogP contribution in [-0.2, 0) is 0 Å². The minimum Gasteiger partial charge on any atom is -0.870 e. The van der Waals surface area contributed by atoms with E-state index in [2.05, 4.69) is 42.4 Å². The van der Waals surface area contributed by atoms with Crippen molar-refractivity contribution in [2.45, 2.75) is 74.8 Å². The van der Waals surface area contributed by atoms with Crippen LogP contribution >= 0.6 is 0 Å². The summed E-state index contributed by atoms with van der Waals surface area (Å²) < 4.78 is 0. The molecule has 0 aliphatic carbocycles. The van der Waals surface area contributed by atoms with Crippen molar-refractivity contribution in [3.8, 4) is 48.9 Å². The fraction of sp³-hybridized carbons (Fsp3) is 0.579. The summed E-state index contributed by atoms with van der Waals surface area (Å²) in [6, 6.07) is 0. The molecule has 0 unspecified atom stereocenters. The second-order valence-corrected chi connectivity index (χ2v) is 2.78. The maximum Gasteiger partial charge on any atom is 1.00 e. The number of hydrogen-bond donors (Lipinski definition) is 1. The Morgan fingerprint density at radius 1 is 0.727 bits per heavy atom. The normalized spacial score (nSPS) is 4.73. The van der Waals surface area contributed by atoms with Gasteiger partial charge in [-0.1, -0.05) is 33.6 Å². The maximum atomic E-state index is 8.59. The van der Waals surface area contributed by atoms with Crippen molar-refractivity contribution in [2.24, 2.45) is 0 Å². The van der Waals surface area contributed by atoms with Gasteiger partial charge in [0.05, 0.1) is 0 Å². The van der Waals surface area contributed by atoms with Crippen LogP contribution < -0.4 is 29.6 Å². The molecule has 0 amide bonds. The molecule has 0 aromatic rings. The molecule has 0 aromatic heterocycles. The van der Waals surface area contributed by atoms with Gasteiger partial charge in [0.1, 0.15) is 5.60 Å². The minimum atomic E-state index is -0.931. The summed E-state index contributed by atoms with van der Waals surface area (Å²) in [7, 11) is 0. The third-order valence-corrected chi connectivity index (χ3v) is 0.603. The van der Waals surface area contributed by atoms with E-state index in [-0.39, 0.29) is 35.0 Å². The number of rotatable bonds is 0. The van der Waals surface area contributed by atoms with Crippen molar-refractivity contribution in [1.29, 1.82) is 0 Å². The summed E-state index contributed by atoms with van der Waals surface area (Å²) in [6.45, 7) is 18.1. The molecule has 0 saturated heterocycles. The van der Waals surface area contributed by atoms with Gasteiger partial charge in [-0.3, -0.25) is 0 Å². The van der Waals surface area contributed by atoms with E-state index >= 15 is 0 Å². The van der Waals surface area contributed by atoms with Gasteiger partial charge in [0.2, 0.25) is 0 Å². The smallest absolute Gasteiger partial charge is 0.870 e. The van der Waals surface area contributed by atoms with Gasteiger partial charge >= 0.3 is 29.6 Å². The zero-order valence-corrected chi connectivity index (χ0v) is 18.6. The molecule has 0 spiro atoms. The van der Waals surface area contributed by atoms with Crippen LogP contribution in [0.25, 0.3) is 0 Å². The van der Waals surface area contributed by atoms with Crippen LogP contribution in [0.5, 0.6) is 0 Å². The first-order chi connectivity index (χ1) is 9.30. The Labute approximate surface area is 163 Å². The third-order valence-electron chi connectivity index (χ3n) is 0.603. The van der Waals surface area contributed by atoms with Crippen molar-refractivity contribution < 1.29 is 40.1 Å². The van der Waals surface area contributed by atoms with E-state index in [9.17, 15) is 0 Å². The molecular weight excluding hydrogens is 283 g/mol. The van der Waals surface area contributed by atoms with Crippen LogP contribution in [0.1, 0.15) is 69.2 Å². The number of hydrogen-bond acceptors (Lipinski definition) is 2. The Morgan fingerprint density at radius 2 is 0.818 bits per heavy atom. The summed E-state index contributed by atoms with van der Waals surface area (Å²) in [5, 5.41) is 8.59. The minimum absolute atomic E-state index is 0. The molecule has 0 fully saturated rings.